The second-order valence-corrected chi connectivity index (χ2v) is 4.84. The summed E-state index contributed by atoms with van der Waals surface area (Å²) >= 11 is 0. The van der Waals surface area contributed by atoms with E-state index in [-0.39, 0.29) is 12.2 Å². The van der Waals surface area contributed by atoms with Crippen LogP contribution in [0.5, 0.6) is 0 Å². The van der Waals surface area contributed by atoms with Crippen molar-refractivity contribution in [1.82, 2.24) is 9.55 Å². The van der Waals surface area contributed by atoms with E-state index in [4.69, 9.17) is 0 Å². The molecule has 0 unspecified atom stereocenters. The summed E-state index contributed by atoms with van der Waals surface area (Å²) in [5.41, 5.74) is 0.298. The number of rotatable bonds is 3. The summed E-state index contributed by atoms with van der Waals surface area (Å²) in [7, 11) is 0. The summed E-state index contributed by atoms with van der Waals surface area (Å²) in [5, 5.41) is 2.26. The molecule has 0 saturated heterocycles. The van der Waals surface area contributed by atoms with Gasteiger partial charge in [0.05, 0.1) is 22.9 Å². The smallest absolute Gasteiger partial charge is 0.269 e. The fraction of sp³-hybridized carbons (Fsp3) is 0.0625. The van der Waals surface area contributed by atoms with Gasteiger partial charge >= 0.3 is 0 Å². The molecule has 0 saturated carbocycles. The minimum atomic E-state index is -0.758. The van der Waals surface area contributed by atoms with Gasteiger partial charge in [-0.25, -0.2) is 13.8 Å². The van der Waals surface area contributed by atoms with Crippen molar-refractivity contribution < 1.29 is 13.6 Å². The van der Waals surface area contributed by atoms with E-state index in [2.05, 4.69) is 10.3 Å². The van der Waals surface area contributed by atoms with Crippen LogP contribution in [0.3, 0.4) is 0 Å². The number of carbonyl (C=O) groups is 1. The molecule has 3 aromatic rings. The fourth-order valence-corrected chi connectivity index (χ4v) is 2.20. The Labute approximate surface area is 129 Å². The van der Waals surface area contributed by atoms with Crippen molar-refractivity contribution in [2.45, 2.75) is 6.54 Å². The van der Waals surface area contributed by atoms with Crippen LogP contribution in [0.25, 0.3) is 11.0 Å². The highest BCUT2D eigenvalue weighted by molar-refractivity contribution is 5.91. The lowest BCUT2D eigenvalue weighted by Gasteiger charge is -2.10. The average Bonchev–Trinajstić information content (AvgIpc) is 2.54. The first kappa shape index (κ1) is 14.8. The van der Waals surface area contributed by atoms with Crippen LogP contribution in [0.15, 0.2) is 53.5 Å². The highest BCUT2D eigenvalue weighted by atomic mass is 19.1. The van der Waals surface area contributed by atoms with Crippen LogP contribution in [0.4, 0.5) is 14.5 Å². The Morgan fingerprint density at radius 2 is 1.96 bits per heavy atom. The molecule has 0 bridgehead atoms. The van der Waals surface area contributed by atoms with Crippen LogP contribution in [0.1, 0.15) is 0 Å². The Bertz CT molecular complexity index is 953. The second kappa shape index (κ2) is 5.96. The Morgan fingerprint density at radius 3 is 2.78 bits per heavy atom. The number of hydrogen-bond acceptors (Lipinski definition) is 3. The molecule has 5 nitrogen and oxygen atoms in total. The van der Waals surface area contributed by atoms with Gasteiger partial charge in [0.2, 0.25) is 5.91 Å². The quantitative estimate of drug-likeness (QED) is 0.807. The fourth-order valence-electron chi connectivity index (χ4n) is 2.20. The molecule has 1 amide bonds. The number of carbonyl (C=O) groups excluding carboxylic acids is 1. The second-order valence-electron chi connectivity index (χ2n) is 4.84. The first-order valence-electron chi connectivity index (χ1n) is 6.74. The minimum Gasteiger partial charge on any atom is -0.322 e. The Kier molecular flexibility index (Phi) is 3.84. The number of nitrogens with zero attached hydrogens (tertiary/aromatic N) is 2. The molecule has 116 valence electrons. The van der Waals surface area contributed by atoms with Gasteiger partial charge in [-0.1, -0.05) is 12.1 Å². The molecule has 0 aliphatic rings. The lowest BCUT2D eigenvalue weighted by Crippen LogP contribution is -2.28. The number of nitrogens with one attached hydrogen (secondary N) is 1. The molecule has 3 rings (SSSR count). The maximum Gasteiger partial charge on any atom is 0.269 e. The molecule has 1 heterocycles. The average molecular weight is 315 g/mol. The number of fused-ring (bicyclic) bond motifs is 1. The zero-order valence-corrected chi connectivity index (χ0v) is 11.8. The normalized spacial score (nSPS) is 10.7. The lowest BCUT2D eigenvalue weighted by atomic mass is 10.3. The number of amides is 1. The van der Waals surface area contributed by atoms with Crippen molar-refractivity contribution in [3.63, 3.8) is 0 Å². The maximum atomic E-state index is 13.5. The largest absolute Gasteiger partial charge is 0.322 e. The SMILES string of the molecule is O=C(Cn1c(=O)cnc2ccccc21)Nc1cc(F)ccc1F. The van der Waals surface area contributed by atoms with Crippen LogP contribution in [-0.2, 0) is 11.3 Å². The van der Waals surface area contributed by atoms with Gasteiger partial charge in [-0.2, -0.15) is 0 Å². The van der Waals surface area contributed by atoms with Crippen molar-refractivity contribution in [2.24, 2.45) is 0 Å². The van der Waals surface area contributed by atoms with Gasteiger partial charge in [0.15, 0.2) is 0 Å². The first-order valence-corrected chi connectivity index (χ1v) is 6.74. The Hall–Kier alpha value is -3.09. The third-order valence-electron chi connectivity index (χ3n) is 3.26. The van der Waals surface area contributed by atoms with Crippen LogP contribution >= 0.6 is 0 Å². The summed E-state index contributed by atoms with van der Waals surface area (Å²) in [6.07, 6.45) is 1.11. The molecule has 1 N–H and O–H groups in total. The van der Waals surface area contributed by atoms with Crippen LogP contribution in [-0.4, -0.2) is 15.5 Å². The van der Waals surface area contributed by atoms with Gasteiger partial charge in [-0.15, -0.1) is 0 Å². The summed E-state index contributed by atoms with van der Waals surface area (Å²) in [6, 6.07) is 9.57. The Balaban J connectivity index is 1.90. The van der Waals surface area contributed by atoms with Gasteiger partial charge in [0, 0.05) is 6.07 Å². The molecule has 0 fully saturated rings. The van der Waals surface area contributed by atoms with E-state index in [9.17, 15) is 18.4 Å². The van der Waals surface area contributed by atoms with Crippen molar-refractivity contribution in [3.8, 4) is 0 Å². The lowest BCUT2D eigenvalue weighted by molar-refractivity contribution is -0.116. The highest BCUT2D eigenvalue weighted by Gasteiger charge is 2.11. The molecule has 0 radical (unpaired) electrons. The van der Waals surface area contributed by atoms with E-state index in [0.29, 0.717) is 11.0 Å². The topological polar surface area (TPSA) is 64.0 Å². The van der Waals surface area contributed by atoms with Crippen molar-refractivity contribution >= 4 is 22.6 Å². The Morgan fingerprint density at radius 1 is 1.17 bits per heavy atom. The van der Waals surface area contributed by atoms with Gasteiger partial charge < -0.3 is 5.32 Å². The summed E-state index contributed by atoms with van der Waals surface area (Å²) in [6.45, 7) is -0.335. The van der Waals surface area contributed by atoms with Gasteiger partial charge in [-0.05, 0) is 24.3 Å². The molecule has 7 heteroatoms. The molecule has 0 spiro atoms. The molecule has 2 aromatic carbocycles. The highest BCUT2D eigenvalue weighted by Crippen LogP contribution is 2.15. The third kappa shape index (κ3) is 3.08. The maximum absolute atomic E-state index is 13.5. The van der Waals surface area contributed by atoms with Crippen molar-refractivity contribution in [1.29, 1.82) is 0 Å². The molecule has 23 heavy (non-hydrogen) atoms. The van der Waals surface area contributed by atoms with Crippen LogP contribution < -0.4 is 10.9 Å². The zero-order valence-electron chi connectivity index (χ0n) is 11.8. The predicted octanol–water partition coefficient (Wildman–Crippen LogP) is 2.31. The predicted molar refractivity (Wildman–Crippen MR) is 81.0 cm³/mol. The number of aromatic nitrogens is 2. The van der Waals surface area contributed by atoms with Gasteiger partial charge in [0.25, 0.3) is 5.56 Å². The zero-order chi connectivity index (χ0) is 16.4. The van der Waals surface area contributed by atoms with E-state index in [0.717, 1.165) is 24.4 Å². The molecule has 0 aliphatic heterocycles. The monoisotopic (exact) mass is 315 g/mol. The van der Waals surface area contributed by atoms with E-state index in [1.807, 2.05) is 0 Å². The van der Waals surface area contributed by atoms with Crippen molar-refractivity contribution in [2.75, 3.05) is 5.32 Å². The number of hydrogen-bond donors (Lipinski definition) is 1. The van der Waals surface area contributed by atoms with E-state index >= 15 is 0 Å². The third-order valence-corrected chi connectivity index (χ3v) is 3.26. The van der Waals surface area contributed by atoms with E-state index < -0.39 is 23.1 Å². The molecular weight excluding hydrogens is 304 g/mol. The van der Waals surface area contributed by atoms with Crippen LogP contribution in [0, 0.1) is 11.6 Å². The minimum absolute atomic E-state index is 0.276. The number of para-hydroxylation sites is 2. The van der Waals surface area contributed by atoms with Crippen LogP contribution in [0.2, 0.25) is 0 Å². The summed E-state index contributed by atoms with van der Waals surface area (Å²) in [4.78, 5) is 28.0. The number of benzene rings is 2. The first-order chi connectivity index (χ1) is 11.0. The van der Waals surface area contributed by atoms with Gasteiger partial charge in [0.1, 0.15) is 18.2 Å². The molecule has 0 atom stereocenters. The number of halogens is 2. The summed E-state index contributed by atoms with van der Waals surface area (Å²) in [5.74, 6) is -2.08. The van der Waals surface area contributed by atoms with Gasteiger partial charge in [-0.3, -0.25) is 14.2 Å². The summed E-state index contributed by atoms with van der Waals surface area (Å²) < 4.78 is 27.9. The molecule has 1 aromatic heterocycles. The molecule has 0 aliphatic carbocycles. The van der Waals surface area contributed by atoms with E-state index in [1.165, 1.54) is 4.57 Å². The molecular formula is C16H11F2N3O2. The standard InChI is InChI=1S/C16H11F2N3O2/c17-10-5-6-11(18)13(7-10)20-15(22)9-21-14-4-2-1-3-12(14)19-8-16(21)23/h1-8H,9H2,(H,20,22). The van der Waals surface area contributed by atoms with Crippen molar-refractivity contribution in [3.05, 3.63) is 70.6 Å². The van der Waals surface area contributed by atoms with E-state index in [1.54, 1.807) is 24.3 Å². The number of anilines is 1.